The van der Waals surface area contributed by atoms with Crippen LogP contribution in [0.2, 0.25) is 0 Å². The average Bonchev–Trinajstić information content (AvgIpc) is 2.95. The predicted octanol–water partition coefficient (Wildman–Crippen LogP) is 2.88. The average molecular weight is 324 g/mol. The quantitative estimate of drug-likeness (QED) is 0.868. The zero-order valence-electron chi connectivity index (χ0n) is 13.9. The van der Waals surface area contributed by atoms with Crippen LogP contribution >= 0.6 is 11.8 Å². The van der Waals surface area contributed by atoms with Gasteiger partial charge in [-0.2, -0.15) is 0 Å². The molecule has 1 saturated carbocycles. The Bertz CT molecular complexity index is 430. The molecule has 5 heteroatoms. The molecule has 0 aromatic rings. The Balaban J connectivity index is 1.41. The number of amidine groups is 1. The second kappa shape index (κ2) is 7.24. The second-order valence-corrected chi connectivity index (χ2v) is 8.25. The minimum atomic E-state index is 0.284. The number of likely N-dealkylation sites (tertiary alicyclic amines) is 1. The number of nitrogens with zero attached hydrogens (tertiary/aromatic N) is 2. The number of amides is 1. The van der Waals surface area contributed by atoms with Gasteiger partial charge in [0.2, 0.25) is 5.91 Å². The number of thioether (sulfide) groups is 1. The standard InChI is InChI=1S/C17H29N3OS/c1-12(2)13-7-9-20(10-8-13)16(21)11-22-17-18-14-5-3-4-6-15(14)19-17/h12-15H,3-11H2,1-2H3,(H,18,19)/t14-,15-/m0/s1. The largest absolute Gasteiger partial charge is 0.360 e. The summed E-state index contributed by atoms with van der Waals surface area (Å²) in [4.78, 5) is 19.2. The smallest absolute Gasteiger partial charge is 0.233 e. The Morgan fingerprint density at radius 3 is 2.68 bits per heavy atom. The fourth-order valence-electron chi connectivity index (χ4n) is 3.90. The molecule has 0 aromatic heterocycles. The minimum Gasteiger partial charge on any atom is -0.360 e. The lowest BCUT2D eigenvalue weighted by Crippen LogP contribution is -2.41. The lowest BCUT2D eigenvalue weighted by Gasteiger charge is -2.33. The lowest BCUT2D eigenvalue weighted by atomic mass is 9.87. The van der Waals surface area contributed by atoms with Crippen molar-refractivity contribution in [2.75, 3.05) is 18.8 Å². The van der Waals surface area contributed by atoms with E-state index in [2.05, 4.69) is 24.1 Å². The highest BCUT2D eigenvalue weighted by Gasteiger charge is 2.31. The molecule has 0 unspecified atom stereocenters. The van der Waals surface area contributed by atoms with Crippen LogP contribution in [0.15, 0.2) is 4.99 Å². The van der Waals surface area contributed by atoms with Crippen molar-refractivity contribution in [1.29, 1.82) is 0 Å². The second-order valence-electron chi connectivity index (χ2n) is 7.29. The first-order chi connectivity index (χ1) is 10.6. The Hall–Kier alpha value is -0.710. The molecular weight excluding hydrogens is 294 g/mol. The third-order valence-corrected chi connectivity index (χ3v) is 6.38. The molecule has 0 bridgehead atoms. The maximum absolute atomic E-state index is 12.4. The number of carbonyl (C=O) groups excluding carboxylic acids is 1. The first-order valence-electron chi connectivity index (χ1n) is 8.88. The zero-order valence-corrected chi connectivity index (χ0v) is 14.7. The van der Waals surface area contributed by atoms with Gasteiger partial charge in [0.15, 0.2) is 5.17 Å². The predicted molar refractivity (Wildman–Crippen MR) is 93.2 cm³/mol. The maximum atomic E-state index is 12.4. The van der Waals surface area contributed by atoms with Crippen LogP contribution in [0.4, 0.5) is 0 Å². The van der Waals surface area contributed by atoms with Gasteiger partial charge in [-0.15, -0.1) is 0 Å². The first kappa shape index (κ1) is 16.2. The number of hydrogen-bond acceptors (Lipinski definition) is 4. The number of piperidine rings is 1. The van der Waals surface area contributed by atoms with Gasteiger partial charge < -0.3 is 10.2 Å². The summed E-state index contributed by atoms with van der Waals surface area (Å²) in [5.41, 5.74) is 0. The summed E-state index contributed by atoms with van der Waals surface area (Å²) in [6.07, 6.45) is 7.38. The number of carbonyl (C=O) groups is 1. The van der Waals surface area contributed by atoms with Crippen molar-refractivity contribution in [3.63, 3.8) is 0 Å². The van der Waals surface area contributed by atoms with Crippen molar-refractivity contribution in [3.05, 3.63) is 0 Å². The van der Waals surface area contributed by atoms with Crippen LogP contribution < -0.4 is 5.32 Å². The van der Waals surface area contributed by atoms with E-state index < -0.39 is 0 Å². The molecule has 1 aliphatic carbocycles. The van der Waals surface area contributed by atoms with Crippen LogP contribution in [0.1, 0.15) is 52.4 Å². The normalized spacial score (nSPS) is 29.2. The van der Waals surface area contributed by atoms with E-state index >= 15 is 0 Å². The van der Waals surface area contributed by atoms with Crippen molar-refractivity contribution < 1.29 is 4.79 Å². The van der Waals surface area contributed by atoms with E-state index in [0.717, 1.165) is 42.9 Å². The summed E-state index contributed by atoms with van der Waals surface area (Å²) in [5, 5.41) is 4.52. The molecule has 1 amide bonds. The summed E-state index contributed by atoms with van der Waals surface area (Å²) >= 11 is 1.61. The van der Waals surface area contributed by atoms with Gasteiger partial charge in [0.25, 0.3) is 0 Å². The highest BCUT2D eigenvalue weighted by atomic mass is 32.2. The molecule has 22 heavy (non-hydrogen) atoms. The van der Waals surface area contributed by atoms with Gasteiger partial charge in [-0.3, -0.25) is 9.79 Å². The molecule has 0 radical (unpaired) electrons. The van der Waals surface area contributed by atoms with Crippen LogP contribution in [0, 0.1) is 11.8 Å². The molecular formula is C17H29N3OS. The topological polar surface area (TPSA) is 44.7 Å². The molecule has 2 fully saturated rings. The molecule has 3 aliphatic rings. The van der Waals surface area contributed by atoms with Crippen molar-refractivity contribution in [2.45, 2.75) is 64.5 Å². The molecule has 1 N–H and O–H groups in total. The van der Waals surface area contributed by atoms with Crippen molar-refractivity contribution >= 4 is 22.8 Å². The van der Waals surface area contributed by atoms with E-state index in [1.54, 1.807) is 11.8 Å². The highest BCUT2D eigenvalue weighted by Crippen LogP contribution is 2.28. The van der Waals surface area contributed by atoms with E-state index in [0.29, 0.717) is 17.8 Å². The van der Waals surface area contributed by atoms with Crippen LogP contribution in [0.5, 0.6) is 0 Å². The molecule has 0 aromatic carbocycles. The minimum absolute atomic E-state index is 0.284. The summed E-state index contributed by atoms with van der Waals surface area (Å²) in [5.74, 6) is 2.36. The Kier molecular flexibility index (Phi) is 5.32. The molecule has 1 saturated heterocycles. The number of hydrogen-bond donors (Lipinski definition) is 1. The SMILES string of the molecule is CC(C)C1CCN(C(=O)CSC2=N[C@H]3CCCC[C@@H]3N2)CC1. The summed E-state index contributed by atoms with van der Waals surface area (Å²) in [7, 11) is 0. The van der Waals surface area contributed by atoms with Gasteiger partial charge in [0.1, 0.15) is 0 Å². The Labute approximate surface area is 138 Å². The Morgan fingerprint density at radius 2 is 2.00 bits per heavy atom. The van der Waals surface area contributed by atoms with Crippen LogP contribution in [-0.4, -0.2) is 46.9 Å². The molecule has 2 atom stereocenters. The van der Waals surface area contributed by atoms with E-state index in [-0.39, 0.29) is 5.91 Å². The zero-order chi connectivity index (χ0) is 15.5. The van der Waals surface area contributed by atoms with E-state index in [4.69, 9.17) is 4.99 Å². The number of nitrogens with one attached hydrogen (secondary N) is 1. The van der Waals surface area contributed by atoms with Crippen LogP contribution in [-0.2, 0) is 4.79 Å². The molecule has 2 heterocycles. The summed E-state index contributed by atoms with van der Waals surface area (Å²) in [6.45, 7) is 6.46. The van der Waals surface area contributed by atoms with Crippen molar-refractivity contribution in [1.82, 2.24) is 10.2 Å². The molecule has 0 spiro atoms. The molecule has 2 aliphatic heterocycles. The van der Waals surface area contributed by atoms with E-state index in [1.165, 1.54) is 25.7 Å². The third-order valence-electron chi connectivity index (χ3n) is 5.49. The van der Waals surface area contributed by atoms with Crippen LogP contribution in [0.25, 0.3) is 0 Å². The van der Waals surface area contributed by atoms with Gasteiger partial charge in [-0.25, -0.2) is 0 Å². The number of aliphatic imine (C=N–C) groups is 1. The molecule has 124 valence electrons. The number of rotatable bonds is 3. The van der Waals surface area contributed by atoms with Gasteiger partial charge in [0, 0.05) is 13.1 Å². The van der Waals surface area contributed by atoms with Crippen molar-refractivity contribution in [2.24, 2.45) is 16.8 Å². The van der Waals surface area contributed by atoms with Gasteiger partial charge in [0.05, 0.1) is 17.8 Å². The first-order valence-corrected chi connectivity index (χ1v) is 9.87. The van der Waals surface area contributed by atoms with Crippen molar-refractivity contribution in [3.8, 4) is 0 Å². The van der Waals surface area contributed by atoms with Gasteiger partial charge in [-0.1, -0.05) is 38.5 Å². The van der Waals surface area contributed by atoms with Gasteiger partial charge >= 0.3 is 0 Å². The lowest BCUT2D eigenvalue weighted by molar-refractivity contribution is -0.129. The Morgan fingerprint density at radius 1 is 1.27 bits per heavy atom. The van der Waals surface area contributed by atoms with Gasteiger partial charge in [-0.05, 0) is 37.5 Å². The third kappa shape index (κ3) is 3.79. The maximum Gasteiger partial charge on any atom is 0.233 e. The molecule has 3 rings (SSSR count). The highest BCUT2D eigenvalue weighted by molar-refractivity contribution is 8.14. The number of fused-ring (bicyclic) bond motifs is 1. The van der Waals surface area contributed by atoms with E-state index in [9.17, 15) is 4.79 Å². The fraction of sp³-hybridized carbons (Fsp3) is 0.882. The summed E-state index contributed by atoms with van der Waals surface area (Å²) < 4.78 is 0. The molecule has 4 nitrogen and oxygen atoms in total. The van der Waals surface area contributed by atoms with E-state index in [1.807, 2.05) is 0 Å². The monoisotopic (exact) mass is 323 g/mol. The summed E-state index contributed by atoms with van der Waals surface area (Å²) in [6, 6.07) is 1.00. The van der Waals surface area contributed by atoms with Crippen LogP contribution in [0.3, 0.4) is 0 Å². The fourth-order valence-corrected chi connectivity index (χ4v) is 4.78.